The second kappa shape index (κ2) is 3.68. The zero-order valence-electron chi connectivity index (χ0n) is 7.91. The molecule has 0 unspecified atom stereocenters. The highest BCUT2D eigenvalue weighted by Crippen LogP contribution is 2.16. The van der Waals surface area contributed by atoms with Crippen molar-refractivity contribution in [1.29, 1.82) is 0 Å². The zero-order valence-corrected chi connectivity index (χ0v) is 7.91. The summed E-state index contributed by atoms with van der Waals surface area (Å²) in [4.78, 5) is 4.27. The third-order valence-electron chi connectivity index (χ3n) is 1.99. The van der Waals surface area contributed by atoms with E-state index in [1.165, 1.54) is 5.56 Å². The summed E-state index contributed by atoms with van der Waals surface area (Å²) in [5.41, 5.74) is 8.08. The van der Waals surface area contributed by atoms with Crippen LogP contribution < -0.4 is 5.73 Å². The first-order valence-corrected chi connectivity index (χ1v) is 4.29. The van der Waals surface area contributed by atoms with E-state index in [2.05, 4.69) is 18.8 Å². The van der Waals surface area contributed by atoms with Crippen molar-refractivity contribution < 1.29 is 0 Å². The normalized spacial score (nSPS) is 13.4. The predicted molar refractivity (Wildman–Crippen MR) is 50.7 cm³/mol. The average Bonchev–Trinajstić information content (AvgIpc) is 2.04. The molecule has 1 aromatic rings. The van der Waals surface area contributed by atoms with Gasteiger partial charge in [0, 0.05) is 12.2 Å². The van der Waals surface area contributed by atoms with E-state index in [0.717, 1.165) is 5.69 Å². The maximum atomic E-state index is 5.93. The zero-order chi connectivity index (χ0) is 9.14. The van der Waals surface area contributed by atoms with Gasteiger partial charge in [0.05, 0.1) is 5.69 Å². The molecule has 0 aliphatic rings. The number of nitrogens with zero attached hydrogens (tertiary/aromatic N) is 1. The second-order valence-electron chi connectivity index (χ2n) is 3.53. The molecule has 0 radical (unpaired) electrons. The van der Waals surface area contributed by atoms with Gasteiger partial charge in [-0.05, 0) is 24.5 Å². The van der Waals surface area contributed by atoms with Crippen molar-refractivity contribution in [3.63, 3.8) is 0 Å². The maximum Gasteiger partial charge on any atom is 0.0573 e. The predicted octanol–water partition coefficient (Wildman–Crippen LogP) is 2.05. The van der Waals surface area contributed by atoms with Crippen LogP contribution in [0.1, 0.15) is 31.1 Å². The molecule has 0 spiro atoms. The summed E-state index contributed by atoms with van der Waals surface area (Å²) in [6.07, 6.45) is 1.86. The average molecular weight is 164 g/mol. The summed E-state index contributed by atoms with van der Waals surface area (Å²) in [6.45, 7) is 6.23. The van der Waals surface area contributed by atoms with Crippen LogP contribution in [0.4, 0.5) is 0 Å². The Bertz CT molecular complexity index is 239. The molecule has 1 rings (SSSR count). The van der Waals surface area contributed by atoms with Gasteiger partial charge in [0.25, 0.3) is 0 Å². The van der Waals surface area contributed by atoms with Crippen molar-refractivity contribution in [2.75, 3.05) is 0 Å². The van der Waals surface area contributed by atoms with Crippen molar-refractivity contribution >= 4 is 0 Å². The molecule has 0 bridgehead atoms. The number of aryl methyl sites for hydroxylation is 1. The van der Waals surface area contributed by atoms with Crippen molar-refractivity contribution in [1.82, 2.24) is 4.98 Å². The lowest BCUT2D eigenvalue weighted by Crippen LogP contribution is -2.17. The monoisotopic (exact) mass is 164 g/mol. The first kappa shape index (κ1) is 9.20. The molecule has 0 amide bonds. The van der Waals surface area contributed by atoms with Gasteiger partial charge >= 0.3 is 0 Å². The van der Waals surface area contributed by atoms with Crippen LogP contribution in [0.25, 0.3) is 0 Å². The Hall–Kier alpha value is -0.890. The lowest BCUT2D eigenvalue weighted by Gasteiger charge is -2.14. The van der Waals surface area contributed by atoms with E-state index in [-0.39, 0.29) is 6.04 Å². The van der Waals surface area contributed by atoms with Crippen molar-refractivity contribution in [2.45, 2.75) is 26.8 Å². The molecule has 0 saturated carbocycles. The molecule has 0 aliphatic carbocycles. The summed E-state index contributed by atoms with van der Waals surface area (Å²) in [7, 11) is 0. The van der Waals surface area contributed by atoms with Crippen LogP contribution in [-0.2, 0) is 0 Å². The van der Waals surface area contributed by atoms with Crippen LogP contribution in [-0.4, -0.2) is 4.98 Å². The molecule has 1 heterocycles. The van der Waals surface area contributed by atoms with Crippen molar-refractivity contribution in [3.05, 3.63) is 29.6 Å². The molecule has 12 heavy (non-hydrogen) atoms. The Labute approximate surface area is 73.8 Å². The van der Waals surface area contributed by atoms with E-state index in [0.29, 0.717) is 5.92 Å². The van der Waals surface area contributed by atoms with Crippen LogP contribution in [0, 0.1) is 12.8 Å². The molecule has 2 nitrogen and oxygen atoms in total. The number of pyridine rings is 1. The first-order chi connectivity index (χ1) is 5.61. The highest BCUT2D eigenvalue weighted by Gasteiger charge is 2.10. The lowest BCUT2D eigenvalue weighted by molar-refractivity contribution is 0.503. The van der Waals surface area contributed by atoms with E-state index in [1.54, 1.807) is 0 Å². The van der Waals surface area contributed by atoms with Gasteiger partial charge in [0.15, 0.2) is 0 Å². The summed E-state index contributed by atoms with van der Waals surface area (Å²) < 4.78 is 0. The van der Waals surface area contributed by atoms with E-state index in [4.69, 9.17) is 5.73 Å². The molecular weight excluding hydrogens is 148 g/mol. The summed E-state index contributed by atoms with van der Waals surface area (Å²) in [5.74, 6) is 0.445. The smallest absolute Gasteiger partial charge is 0.0573 e. The number of nitrogens with two attached hydrogens (primary N) is 1. The number of aromatic nitrogens is 1. The summed E-state index contributed by atoms with van der Waals surface area (Å²) in [6, 6.07) is 4.11. The number of hydrogen-bond acceptors (Lipinski definition) is 2. The maximum absolute atomic E-state index is 5.93. The Morgan fingerprint density at radius 1 is 1.33 bits per heavy atom. The van der Waals surface area contributed by atoms with E-state index in [9.17, 15) is 0 Å². The van der Waals surface area contributed by atoms with Gasteiger partial charge in [-0.2, -0.15) is 0 Å². The van der Waals surface area contributed by atoms with Crippen LogP contribution >= 0.6 is 0 Å². The van der Waals surface area contributed by atoms with Crippen LogP contribution in [0.5, 0.6) is 0 Å². The molecule has 66 valence electrons. The minimum atomic E-state index is 0.0607. The Morgan fingerprint density at radius 3 is 2.42 bits per heavy atom. The molecule has 0 fully saturated rings. The third kappa shape index (κ3) is 2.05. The minimum absolute atomic E-state index is 0.0607. The van der Waals surface area contributed by atoms with E-state index >= 15 is 0 Å². The van der Waals surface area contributed by atoms with Gasteiger partial charge in [0.1, 0.15) is 0 Å². The van der Waals surface area contributed by atoms with Gasteiger partial charge in [-0.25, -0.2) is 0 Å². The topological polar surface area (TPSA) is 38.9 Å². The summed E-state index contributed by atoms with van der Waals surface area (Å²) in [5, 5.41) is 0. The van der Waals surface area contributed by atoms with Gasteiger partial charge in [-0.3, -0.25) is 4.98 Å². The van der Waals surface area contributed by atoms with Gasteiger partial charge in [-0.15, -0.1) is 0 Å². The molecule has 2 N–H and O–H groups in total. The number of hydrogen-bond donors (Lipinski definition) is 1. The largest absolute Gasteiger partial charge is 0.322 e. The SMILES string of the molecule is Cc1ccc([C@H](N)C(C)C)nc1. The first-order valence-electron chi connectivity index (χ1n) is 4.29. The van der Waals surface area contributed by atoms with Gasteiger partial charge in [0.2, 0.25) is 0 Å². The van der Waals surface area contributed by atoms with Gasteiger partial charge < -0.3 is 5.73 Å². The van der Waals surface area contributed by atoms with Crippen LogP contribution in [0.3, 0.4) is 0 Å². The molecule has 0 saturated heterocycles. The standard InChI is InChI=1S/C10H16N2/c1-7(2)10(11)9-5-4-8(3)6-12-9/h4-7,10H,11H2,1-3H3/t10-/m1/s1. The Balaban J connectivity index is 2.82. The van der Waals surface area contributed by atoms with Crippen LogP contribution in [0.2, 0.25) is 0 Å². The minimum Gasteiger partial charge on any atom is -0.322 e. The summed E-state index contributed by atoms with van der Waals surface area (Å²) >= 11 is 0. The fourth-order valence-corrected chi connectivity index (χ4v) is 1.02. The van der Waals surface area contributed by atoms with E-state index < -0.39 is 0 Å². The fourth-order valence-electron chi connectivity index (χ4n) is 1.02. The molecule has 0 aromatic carbocycles. The fraction of sp³-hybridized carbons (Fsp3) is 0.500. The molecule has 0 aliphatic heterocycles. The molecule has 2 heteroatoms. The van der Waals surface area contributed by atoms with E-state index in [1.807, 2.05) is 25.3 Å². The Kier molecular flexibility index (Phi) is 2.82. The third-order valence-corrected chi connectivity index (χ3v) is 1.99. The van der Waals surface area contributed by atoms with Crippen LogP contribution in [0.15, 0.2) is 18.3 Å². The second-order valence-corrected chi connectivity index (χ2v) is 3.53. The van der Waals surface area contributed by atoms with Crippen molar-refractivity contribution in [3.8, 4) is 0 Å². The molecule has 1 aromatic heterocycles. The Morgan fingerprint density at radius 2 is 2.00 bits per heavy atom. The molecular formula is C10H16N2. The van der Waals surface area contributed by atoms with Crippen molar-refractivity contribution in [2.24, 2.45) is 11.7 Å². The highest BCUT2D eigenvalue weighted by atomic mass is 14.8. The molecule has 1 atom stereocenters. The van der Waals surface area contributed by atoms with Gasteiger partial charge in [-0.1, -0.05) is 19.9 Å². The number of rotatable bonds is 2. The lowest BCUT2D eigenvalue weighted by atomic mass is 10.0. The quantitative estimate of drug-likeness (QED) is 0.726. The highest BCUT2D eigenvalue weighted by molar-refractivity contribution is 5.14.